The molecule has 0 bridgehead atoms. The molecule has 0 aliphatic carbocycles. The van der Waals surface area contributed by atoms with E-state index in [9.17, 15) is 14.4 Å². The minimum atomic E-state index is -0.794. The second-order valence-electron chi connectivity index (χ2n) is 7.28. The summed E-state index contributed by atoms with van der Waals surface area (Å²) in [5, 5.41) is 8.46. The molecule has 0 aromatic rings. The highest BCUT2D eigenvalue weighted by molar-refractivity contribution is 8.00. The standard InChI is InChI=1S/C21H38O6S/c1-5-6-7-8-12-19(14-16(2)22)27-20(23)15-18(26-4)11-9-10-13-28-17(3)21(24)25/h17-19H,5-15H2,1-4H3,(H,24,25). The molecule has 0 aromatic carbocycles. The lowest BCUT2D eigenvalue weighted by Gasteiger charge is -2.19. The smallest absolute Gasteiger partial charge is 0.316 e. The van der Waals surface area contributed by atoms with E-state index in [1.807, 2.05) is 0 Å². The lowest BCUT2D eigenvalue weighted by molar-refractivity contribution is -0.153. The van der Waals surface area contributed by atoms with Crippen molar-refractivity contribution in [3.63, 3.8) is 0 Å². The minimum Gasteiger partial charge on any atom is -0.480 e. The maximum Gasteiger partial charge on any atom is 0.316 e. The molecule has 0 saturated carbocycles. The molecule has 164 valence electrons. The van der Waals surface area contributed by atoms with E-state index in [2.05, 4.69) is 6.92 Å². The van der Waals surface area contributed by atoms with E-state index in [0.717, 1.165) is 57.1 Å². The number of methoxy groups -OCH3 is 1. The third-order valence-electron chi connectivity index (χ3n) is 4.56. The van der Waals surface area contributed by atoms with Gasteiger partial charge in [0.25, 0.3) is 0 Å². The van der Waals surface area contributed by atoms with E-state index >= 15 is 0 Å². The van der Waals surface area contributed by atoms with Gasteiger partial charge in [-0.1, -0.05) is 32.6 Å². The molecule has 7 heteroatoms. The van der Waals surface area contributed by atoms with Crippen LogP contribution in [0.25, 0.3) is 0 Å². The summed E-state index contributed by atoms with van der Waals surface area (Å²) in [6.45, 7) is 5.35. The average Bonchev–Trinajstić information content (AvgIpc) is 2.62. The largest absolute Gasteiger partial charge is 0.480 e. The first-order valence-electron chi connectivity index (χ1n) is 10.4. The number of aliphatic carboxylic acids is 1. The monoisotopic (exact) mass is 418 g/mol. The summed E-state index contributed by atoms with van der Waals surface area (Å²) in [6.07, 6.45) is 7.41. The molecule has 0 heterocycles. The Kier molecular flexibility index (Phi) is 16.2. The lowest BCUT2D eigenvalue weighted by atomic mass is 10.0. The van der Waals surface area contributed by atoms with Gasteiger partial charge in [-0.05, 0) is 45.3 Å². The van der Waals surface area contributed by atoms with E-state index in [4.69, 9.17) is 14.6 Å². The van der Waals surface area contributed by atoms with Crippen LogP contribution >= 0.6 is 11.8 Å². The van der Waals surface area contributed by atoms with Crippen molar-refractivity contribution in [1.29, 1.82) is 0 Å². The van der Waals surface area contributed by atoms with Crippen molar-refractivity contribution in [1.82, 2.24) is 0 Å². The molecule has 0 amide bonds. The van der Waals surface area contributed by atoms with E-state index in [-0.39, 0.29) is 36.8 Å². The number of unbranched alkanes of at least 4 members (excludes halogenated alkanes) is 4. The van der Waals surface area contributed by atoms with Gasteiger partial charge in [0.15, 0.2) is 0 Å². The number of carboxylic acid groups (broad SMARTS) is 1. The summed E-state index contributed by atoms with van der Waals surface area (Å²) in [5.74, 6) is -0.309. The number of carbonyl (C=O) groups excluding carboxylic acids is 2. The van der Waals surface area contributed by atoms with Crippen molar-refractivity contribution < 1.29 is 29.0 Å². The van der Waals surface area contributed by atoms with Crippen molar-refractivity contribution in [3.05, 3.63) is 0 Å². The second-order valence-corrected chi connectivity index (χ2v) is 8.72. The van der Waals surface area contributed by atoms with Crippen LogP contribution in [0.4, 0.5) is 0 Å². The Balaban J connectivity index is 4.21. The summed E-state index contributed by atoms with van der Waals surface area (Å²) < 4.78 is 10.9. The van der Waals surface area contributed by atoms with Crippen LogP contribution < -0.4 is 0 Å². The molecule has 0 aliphatic heterocycles. The third kappa shape index (κ3) is 14.9. The summed E-state index contributed by atoms with van der Waals surface area (Å²) in [7, 11) is 1.58. The number of ketones is 1. The molecular formula is C21H38O6S. The highest BCUT2D eigenvalue weighted by Gasteiger charge is 2.20. The summed E-state index contributed by atoms with van der Waals surface area (Å²) in [4.78, 5) is 34.5. The Hall–Kier alpha value is -1.08. The van der Waals surface area contributed by atoms with Crippen LogP contribution in [0.5, 0.6) is 0 Å². The predicted molar refractivity (Wildman–Crippen MR) is 113 cm³/mol. The minimum absolute atomic E-state index is 0.0321. The van der Waals surface area contributed by atoms with Gasteiger partial charge in [-0.3, -0.25) is 14.4 Å². The first kappa shape index (κ1) is 26.9. The molecule has 3 atom stereocenters. The van der Waals surface area contributed by atoms with Crippen LogP contribution in [-0.4, -0.2) is 53.1 Å². The summed E-state index contributed by atoms with van der Waals surface area (Å²) in [6, 6.07) is 0. The summed E-state index contributed by atoms with van der Waals surface area (Å²) >= 11 is 1.42. The van der Waals surface area contributed by atoms with Gasteiger partial charge in [0, 0.05) is 13.5 Å². The fourth-order valence-electron chi connectivity index (χ4n) is 2.85. The number of hydrogen-bond acceptors (Lipinski definition) is 6. The molecule has 0 radical (unpaired) electrons. The molecule has 0 aliphatic rings. The second kappa shape index (κ2) is 16.8. The van der Waals surface area contributed by atoms with Crippen molar-refractivity contribution in [2.24, 2.45) is 0 Å². The quantitative estimate of drug-likeness (QED) is 0.256. The van der Waals surface area contributed by atoms with Crippen molar-refractivity contribution in [2.45, 2.75) is 102 Å². The molecule has 0 saturated heterocycles. The van der Waals surface area contributed by atoms with Gasteiger partial charge in [0.2, 0.25) is 0 Å². The molecule has 0 aromatic heterocycles. The van der Waals surface area contributed by atoms with Crippen molar-refractivity contribution in [2.75, 3.05) is 12.9 Å². The maximum atomic E-state index is 12.3. The number of rotatable bonds is 18. The SMILES string of the molecule is CCCCCCC(CC(C)=O)OC(=O)CC(CCCCSC(C)C(=O)O)OC. The van der Waals surface area contributed by atoms with Crippen LogP contribution in [0.15, 0.2) is 0 Å². The fraction of sp³-hybridized carbons (Fsp3) is 0.857. The Morgan fingerprint density at radius 2 is 1.61 bits per heavy atom. The summed E-state index contributed by atoms with van der Waals surface area (Å²) in [5.41, 5.74) is 0. The molecule has 6 nitrogen and oxygen atoms in total. The topological polar surface area (TPSA) is 89.9 Å². The Bertz CT molecular complexity index is 454. The van der Waals surface area contributed by atoms with Gasteiger partial charge in [-0.15, -0.1) is 11.8 Å². The van der Waals surface area contributed by atoms with E-state index in [1.165, 1.54) is 18.7 Å². The fourth-order valence-corrected chi connectivity index (χ4v) is 3.72. The van der Waals surface area contributed by atoms with Gasteiger partial charge in [-0.2, -0.15) is 0 Å². The van der Waals surface area contributed by atoms with Crippen LogP contribution in [0, 0.1) is 0 Å². The van der Waals surface area contributed by atoms with Gasteiger partial charge in [-0.25, -0.2) is 0 Å². The van der Waals surface area contributed by atoms with Crippen LogP contribution in [0.3, 0.4) is 0 Å². The first-order valence-corrected chi connectivity index (χ1v) is 11.4. The van der Waals surface area contributed by atoms with Gasteiger partial charge < -0.3 is 14.6 Å². The predicted octanol–water partition coefficient (Wildman–Crippen LogP) is 4.63. The Labute approximate surface area is 174 Å². The van der Waals surface area contributed by atoms with E-state index in [1.54, 1.807) is 14.0 Å². The molecule has 0 fully saturated rings. The molecule has 3 unspecified atom stereocenters. The molecule has 1 N–H and O–H groups in total. The number of Topliss-reactive ketones (excluding diaryl/α,β-unsaturated/α-hetero) is 1. The molecule has 0 spiro atoms. The van der Waals surface area contributed by atoms with Gasteiger partial charge in [0.05, 0.1) is 17.8 Å². The number of thioether (sulfide) groups is 1. The van der Waals surface area contributed by atoms with E-state index < -0.39 is 11.2 Å². The van der Waals surface area contributed by atoms with Crippen molar-refractivity contribution in [3.8, 4) is 0 Å². The van der Waals surface area contributed by atoms with Crippen LogP contribution in [-0.2, 0) is 23.9 Å². The Morgan fingerprint density at radius 1 is 0.964 bits per heavy atom. The number of carboxylic acids is 1. The normalized spacial score (nSPS) is 14.3. The zero-order valence-electron chi connectivity index (χ0n) is 17.9. The van der Waals surface area contributed by atoms with Crippen molar-refractivity contribution >= 4 is 29.5 Å². The van der Waals surface area contributed by atoms with Crippen LogP contribution in [0.2, 0.25) is 0 Å². The lowest BCUT2D eigenvalue weighted by Crippen LogP contribution is -2.25. The molecule has 28 heavy (non-hydrogen) atoms. The average molecular weight is 419 g/mol. The maximum absolute atomic E-state index is 12.3. The van der Waals surface area contributed by atoms with Gasteiger partial charge >= 0.3 is 11.9 Å². The number of hydrogen-bond donors (Lipinski definition) is 1. The Morgan fingerprint density at radius 3 is 2.18 bits per heavy atom. The number of esters is 1. The van der Waals surface area contributed by atoms with Crippen LogP contribution in [0.1, 0.15) is 85.0 Å². The number of carbonyl (C=O) groups is 3. The molecular weight excluding hydrogens is 380 g/mol. The first-order chi connectivity index (χ1) is 13.3. The van der Waals surface area contributed by atoms with Gasteiger partial charge in [0.1, 0.15) is 11.9 Å². The zero-order chi connectivity index (χ0) is 21.4. The highest BCUT2D eigenvalue weighted by atomic mass is 32.2. The molecule has 0 rings (SSSR count). The third-order valence-corrected chi connectivity index (χ3v) is 5.78. The zero-order valence-corrected chi connectivity index (χ0v) is 18.7. The van der Waals surface area contributed by atoms with E-state index in [0.29, 0.717) is 0 Å². The highest BCUT2D eigenvalue weighted by Crippen LogP contribution is 2.17. The number of ether oxygens (including phenoxy) is 2.